The maximum atomic E-state index is 11.4. The van der Waals surface area contributed by atoms with Crippen LogP contribution in [0.5, 0.6) is 5.75 Å². The highest BCUT2D eigenvalue weighted by molar-refractivity contribution is 7.17. The summed E-state index contributed by atoms with van der Waals surface area (Å²) in [5, 5.41) is 4.38. The number of carbonyl (C=O) groups excluding carboxylic acids is 1. The first kappa shape index (κ1) is 20.1. The second kappa shape index (κ2) is 7.91. The van der Waals surface area contributed by atoms with Gasteiger partial charge < -0.3 is 15.2 Å². The lowest BCUT2D eigenvalue weighted by atomic mass is 9.95. The monoisotopic (exact) mass is 425 g/mol. The number of nitrogens with two attached hydrogens (primary N) is 1. The highest BCUT2D eigenvalue weighted by Gasteiger charge is 2.31. The Kier molecular flexibility index (Phi) is 5.29. The molecule has 0 unspecified atom stereocenters. The van der Waals surface area contributed by atoms with Crippen molar-refractivity contribution in [2.45, 2.75) is 32.8 Å². The Balaban J connectivity index is 1.67. The molecule has 0 bridgehead atoms. The molecule has 0 aliphatic rings. The van der Waals surface area contributed by atoms with Crippen LogP contribution in [0.4, 0.5) is 4.79 Å². The van der Waals surface area contributed by atoms with Crippen LogP contribution >= 0.6 is 11.3 Å². The van der Waals surface area contributed by atoms with Crippen molar-refractivity contribution in [2.75, 3.05) is 6.61 Å². The maximum absolute atomic E-state index is 11.4. The van der Waals surface area contributed by atoms with Crippen molar-refractivity contribution in [3.63, 3.8) is 0 Å². The zero-order valence-electron chi connectivity index (χ0n) is 17.0. The Morgan fingerprint density at radius 2 is 2.07 bits per heavy atom. The summed E-state index contributed by atoms with van der Waals surface area (Å²) in [5.74, 6) is 0.937. The van der Waals surface area contributed by atoms with E-state index in [1.807, 2.05) is 31.2 Å². The average Bonchev–Trinajstić information content (AvgIpc) is 3.34. The summed E-state index contributed by atoms with van der Waals surface area (Å²) in [6.07, 6.45) is 3.31. The summed E-state index contributed by atoms with van der Waals surface area (Å²) in [6.45, 7) is 6.12. The molecule has 4 rings (SSSR count). The number of ether oxygens (including phenoxy) is 2. The lowest BCUT2D eigenvalue weighted by molar-refractivity contribution is -0.0183. The summed E-state index contributed by atoms with van der Waals surface area (Å²) >= 11 is 1.53. The molecule has 30 heavy (non-hydrogen) atoms. The van der Waals surface area contributed by atoms with E-state index in [9.17, 15) is 4.79 Å². The minimum atomic E-state index is -0.826. The van der Waals surface area contributed by atoms with Crippen molar-refractivity contribution in [1.82, 2.24) is 19.6 Å². The standard InChI is InChI=1S/C21H23N5O3S/c1-13(2)10-21(3,29-20(22)27)11-28-16-5-4-14(19-18(16)24-12-30-19)15-6-8-23-17-7-9-25-26(15)17/h4-9,12-13H,10-11H2,1-3H3,(H2,22,27)/t21-/m0/s1. The Labute approximate surface area is 177 Å². The van der Waals surface area contributed by atoms with E-state index in [2.05, 4.69) is 28.9 Å². The molecule has 0 aliphatic carbocycles. The van der Waals surface area contributed by atoms with Crippen LogP contribution in [0.15, 0.2) is 42.2 Å². The van der Waals surface area contributed by atoms with Gasteiger partial charge in [0.05, 0.1) is 22.1 Å². The molecule has 1 aromatic carbocycles. The zero-order chi connectivity index (χ0) is 21.3. The second-order valence-electron chi connectivity index (χ2n) is 7.83. The number of hydrogen-bond donors (Lipinski definition) is 1. The molecule has 2 N–H and O–H groups in total. The summed E-state index contributed by atoms with van der Waals surface area (Å²) < 4.78 is 14.2. The van der Waals surface area contributed by atoms with Crippen LogP contribution in [0.2, 0.25) is 0 Å². The molecular weight excluding hydrogens is 402 g/mol. The quantitative estimate of drug-likeness (QED) is 0.474. The van der Waals surface area contributed by atoms with E-state index in [-0.39, 0.29) is 6.61 Å². The fourth-order valence-corrected chi connectivity index (χ4v) is 4.58. The lowest BCUT2D eigenvalue weighted by Gasteiger charge is -2.30. The molecule has 3 heterocycles. The Hall–Kier alpha value is -3.20. The normalized spacial score (nSPS) is 13.6. The first-order chi connectivity index (χ1) is 14.4. The predicted molar refractivity (Wildman–Crippen MR) is 116 cm³/mol. The van der Waals surface area contributed by atoms with E-state index in [1.165, 1.54) is 11.3 Å². The van der Waals surface area contributed by atoms with Crippen molar-refractivity contribution in [3.8, 4) is 17.0 Å². The highest BCUT2D eigenvalue weighted by atomic mass is 32.1. The Morgan fingerprint density at radius 3 is 2.83 bits per heavy atom. The molecule has 156 valence electrons. The van der Waals surface area contributed by atoms with Gasteiger partial charge in [0.2, 0.25) is 0 Å². The van der Waals surface area contributed by atoms with Crippen molar-refractivity contribution < 1.29 is 14.3 Å². The minimum absolute atomic E-state index is 0.179. The van der Waals surface area contributed by atoms with Crippen molar-refractivity contribution in [1.29, 1.82) is 0 Å². The van der Waals surface area contributed by atoms with Gasteiger partial charge in [-0.25, -0.2) is 19.3 Å². The Morgan fingerprint density at radius 1 is 1.23 bits per heavy atom. The largest absolute Gasteiger partial charge is 0.487 e. The third-order valence-corrected chi connectivity index (χ3v) is 5.59. The maximum Gasteiger partial charge on any atom is 0.405 e. The van der Waals surface area contributed by atoms with Gasteiger partial charge in [0.1, 0.15) is 23.5 Å². The second-order valence-corrected chi connectivity index (χ2v) is 8.69. The SMILES string of the molecule is CC(C)C[C@@](C)(COc1ccc(-c2ccnc3ccnn23)c2scnc12)OC(N)=O. The van der Waals surface area contributed by atoms with Gasteiger partial charge in [-0.2, -0.15) is 5.10 Å². The third kappa shape index (κ3) is 3.93. The van der Waals surface area contributed by atoms with Crippen LogP contribution in [0.25, 0.3) is 27.1 Å². The van der Waals surface area contributed by atoms with Gasteiger partial charge in [0.15, 0.2) is 5.65 Å². The number of carbonyl (C=O) groups is 1. The van der Waals surface area contributed by atoms with Gasteiger partial charge in [-0.3, -0.25) is 0 Å². The van der Waals surface area contributed by atoms with E-state index in [0.717, 1.165) is 27.1 Å². The smallest absolute Gasteiger partial charge is 0.405 e. The third-order valence-electron chi connectivity index (χ3n) is 4.73. The van der Waals surface area contributed by atoms with E-state index < -0.39 is 11.7 Å². The first-order valence-electron chi connectivity index (χ1n) is 9.63. The molecule has 0 spiro atoms. The predicted octanol–water partition coefficient (Wildman–Crippen LogP) is 4.28. The van der Waals surface area contributed by atoms with Crippen LogP contribution in [0, 0.1) is 5.92 Å². The molecule has 3 aromatic heterocycles. The molecular formula is C21H23N5O3S. The number of benzene rings is 1. The summed E-state index contributed by atoms with van der Waals surface area (Å²) in [5.41, 5.74) is 9.68. The van der Waals surface area contributed by atoms with Gasteiger partial charge in [-0.05, 0) is 37.5 Å². The topological polar surface area (TPSA) is 105 Å². The molecule has 0 radical (unpaired) electrons. The van der Waals surface area contributed by atoms with Crippen LogP contribution in [-0.4, -0.2) is 37.9 Å². The van der Waals surface area contributed by atoms with Crippen LogP contribution in [0.1, 0.15) is 27.2 Å². The number of rotatable bonds is 7. The highest BCUT2D eigenvalue weighted by Crippen LogP contribution is 2.37. The Bertz CT molecular complexity index is 1200. The first-order valence-corrected chi connectivity index (χ1v) is 10.5. The molecule has 4 aromatic rings. The summed E-state index contributed by atoms with van der Waals surface area (Å²) in [6, 6.07) is 7.66. The average molecular weight is 426 g/mol. The molecule has 0 saturated carbocycles. The van der Waals surface area contributed by atoms with Gasteiger partial charge >= 0.3 is 6.09 Å². The van der Waals surface area contributed by atoms with E-state index >= 15 is 0 Å². The fraction of sp³-hybridized carbons (Fsp3) is 0.333. The molecule has 0 aliphatic heterocycles. The van der Waals surface area contributed by atoms with Crippen molar-refractivity contribution in [3.05, 3.63) is 42.2 Å². The lowest BCUT2D eigenvalue weighted by Crippen LogP contribution is -2.41. The van der Waals surface area contributed by atoms with E-state index in [0.29, 0.717) is 18.1 Å². The number of thiazole rings is 1. The zero-order valence-corrected chi connectivity index (χ0v) is 17.8. The fourth-order valence-electron chi connectivity index (χ4n) is 3.75. The van der Waals surface area contributed by atoms with Gasteiger partial charge in [0.25, 0.3) is 0 Å². The summed E-state index contributed by atoms with van der Waals surface area (Å²) in [4.78, 5) is 20.2. The summed E-state index contributed by atoms with van der Waals surface area (Å²) in [7, 11) is 0. The van der Waals surface area contributed by atoms with E-state index in [1.54, 1.807) is 22.4 Å². The van der Waals surface area contributed by atoms with Crippen molar-refractivity contribution >= 4 is 33.3 Å². The van der Waals surface area contributed by atoms with Gasteiger partial charge in [0, 0.05) is 17.8 Å². The van der Waals surface area contributed by atoms with Crippen molar-refractivity contribution in [2.24, 2.45) is 11.7 Å². The molecule has 1 amide bonds. The molecule has 9 heteroatoms. The van der Waals surface area contributed by atoms with Gasteiger partial charge in [-0.1, -0.05) is 13.8 Å². The number of amides is 1. The molecule has 8 nitrogen and oxygen atoms in total. The number of hydrogen-bond acceptors (Lipinski definition) is 7. The van der Waals surface area contributed by atoms with Crippen LogP contribution in [0.3, 0.4) is 0 Å². The minimum Gasteiger partial charge on any atom is -0.487 e. The molecule has 0 saturated heterocycles. The number of primary amides is 1. The van der Waals surface area contributed by atoms with Gasteiger partial charge in [-0.15, -0.1) is 11.3 Å². The number of fused-ring (bicyclic) bond motifs is 2. The van der Waals surface area contributed by atoms with E-state index in [4.69, 9.17) is 15.2 Å². The van der Waals surface area contributed by atoms with Crippen LogP contribution < -0.4 is 10.5 Å². The number of aromatic nitrogens is 4. The molecule has 1 atom stereocenters. The van der Waals surface area contributed by atoms with Crippen LogP contribution in [-0.2, 0) is 4.74 Å². The number of nitrogens with zero attached hydrogens (tertiary/aromatic N) is 4. The molecule has 0 fully saturated rings.